The van der Waals surface area contributed by atoms with Crippen LogP contribution in [-0.4, -0.2) is 69.8 Å². The van der Waals surface area contributed by atoms with E-state index in [2.05, 4.69) is 5.32 Å². The van der Waals surface area contributed by atoms with E-state index in [4.69, 9.17) is 0 Å². The molecule has 2 heterocycles. The Morgan fingerprint density at radius 2 is 1.85 bits per heavy atom. The number of carbonyl (C=O) groups is 1. The summed E-state index contributed by atoms with van der Waals surface area (Å²) in [4.78, 5) is 14.0. The number of rotatable bonds is 4. The Bertz CT molecular complexity index is 908. The van der Waals surface area contributed by atoms with Crippen LogP contribution < -0.4 is 5.32 Å². The van der Waals surface area contributed by atoms with Crippen LogP contribution in [0.2, 0.25) is 0 Å². The van der Waals surface area contributed by atoms with Crippen LogP contribution in [0.25, 0.3) is 0 Å². The van der Waals surface area contributed by atoms with Gasteiger partial charge in [0.1, 0.15) is 4.90 Å². The van der Waals surface area contributed by atoms with E-state index < -0.39 is 31.9 Å². The molecule has 3 rings (SSSR count). The summed E-state index contributed by atoms with van der Waals surface area (Å²) in [6, 6.07) is 5.40. The van der Waals surface area contributed by atoms with Gasteiger partial charge in [0.05, 0.1) is 17.2 Å². The number of urea groups is 1. The van der Waals surface area contributed by atoms with Gasteiger partial charge in [-0.05, 0) is 31.4 Å². The zero-order valence-corrected chi connectivity index (χ0v) is 16.9. The molecule has 27 heavy (non-hydrogen) atoms. The van der Waals surface area contributed by atoms with Gasteiger partial charge in [-0.2, -0.15) is 4.31 Å². The smallest absolute Gasteiger partial charge is 0.321 e. The third-order valence-electron chi connectivity index (χ3n) is 5.14. The molecule has 0 aliphatic carbocycles. The lowest BCUT2D eigenvalue weighted by Crippen LogP contribution is -2.41. The van der Waals surface area contributed by atoms with Gasteiger partial charge in [-0.25, -0.2) is 21.6 Å². The van der Waals surface area contributed by atoms with E-state index in [0.29, 0.717) is 19.5 Å². The first-order chi connectivity index (χ1) is 12.7. The number of hydrogen-bond acceptors (Lipinski definition) is 5. The number of piperidine rings is 1. The number of carbonyl (C=O) groups excluding carboxylic acids is 1. The molecule has 0 bridgehead atoms. The number of para-hydroxylation sites is 1. The lowest BCUT2D eigenvalue weighted by Gasteiger charge is -2.28. The van der Waals surface area contributed by atoms with Gasteiger partial charge in [0.2, 0.25) is 10.0 Å². The van der Waals surface area contributed by atoms with Crippen molar-refractivity contribution in [3.63, 3.8) is 0 Å². The number of sulfone groups is 1. The first kappa shape index (κ1) is 20.1. The Labute approximate surface area is 160 Å². The fourth-order valence-corrected chi connectivity index (χ4v) is 6.93. The summed E-state index contributed by atoms with van der Waals surface area (Å²) in [7, 11) is -5.28. The van der Waals surface area contributed by atoms with Crippen molar-refractivity contribution in [2.45, 2.75) is 36.6 Å². The van der Waals surface area contributed by atoms with Gasteiger partial charge in [0.15, 0.2) is 9.84 Å². The summed E-state index contributed by atoms with van der Waals surface area (Å²) in [5.74, 6) is -0.000143. The molecule has 1 unspecified atom stereocenters. The summed E-state index contributed by atoms with van der Waals surface area (Å²) >= 11 is 0. The molecule has 0 aromatic heterocycles. The molecule has 2 aliphatic rings. The highest BCUT2D eigenvalue weighted by molar-refractivity contribution is 7.91. The predicted octanol–water partition coefficient (Wildman–Crippen LogP) is 1.51. The number of nitrogens with one attached hydrogen (secondary N) is 1. The van der Waals surface area contributed by atoms with Gasteiger partial charge in [-0.1, -0.05) is 18.6 Å². The zero-order valence-electron chi connectivity index (χ0n) is 15.3. The minimum atomic E-state index is -3.70. The fraction of sp³-hybridized carbons (Fsp3) is 0.588. The maximum absolute atomic E-state index is 13.0. The van der Waals surface area contributed by atoms with Crippen molar-refractivity contribution in [1.82, 2.24) is 9.21 Å². The first-order valence-electron chi connectivity index (χ1n) is 9.04. The molecular weight excluding hydrogens is 390 g/mol. The summed E-state index contributed by atoms with van der Waals surface area (Å²) < 4.78 is 50.7. The molecule has 2 fully saturated rings. The largest absolute Gasteiger partial charge is 0.324 e. The summed E-state index contributed by atoms with van der Waals surface area (Å²) in [6.07, 6.45) is 3.05. The lowest BCUT2D eigenvalue weighted by molar-refractivity contribution is 0.209. The standard InChI is InChI=1S/C17H25N3O5S2/c1-19(14-9-12-26(22,23)13-14)17(21)18-15-7-3-4-8-16(15)27(24,25)20-10-5-2-6-11-20/h3-4,7-8,14H,2,5-6,9-13H2,1H3,(H,18,21). The third kappa shape index (κ3) is 4.44. The molecule has 0 saturated carbocycles. The molecule has 1 aromatic rings. The van der Waals surface area contributed by atoms with Crippen LogP contribution in [0.3, 0.4) is 0 Å². The van der Waals surface area contributed by atoms with Crippen LogP contribution in [0.5, 0.6) is 0 Å². The van der Waals surface area contributed by atoms with Crippen LogP contribution in [0.4, 0.5) is 10.5 Å². The SMILES string of the molecule is CN(C(=O)Nc1ccccc1S(=O)(=O)N1CCCCC1)C1CCS(=O)(=O)C1. The second kappa shape index (κ2) is 7.76. The first-order valence-corrected chi connectivity index (χ1v) is 12.3. The van der Waals surface area contributed by atoms with Crippen molar-refractivity contribution in [3.05, 3.63) is 24.3 Å². The molecule has 8 nitrogen and oxygen atoms in total. The van der Waals surface area contributed by atoms with Gasteiger partial charge in [-0.15, -0.1) is 0 Å². The molecule has 1 atom stereocenters. The number of sulfonamides is 1. The third-order valence-corrected chi connectivity index (χ3v) is 8.85. The molecular formula is C17H25N3O5S2. The predicted molar refractivity (Wildman–Crippen MR) is 103 cm³/mol. The van der Waals surface area contributed by atoms with Crippen molar-refractivity contribution >= 4 is 31.6 Å². The van der Waals surface area contributed by atoms with Crippen molar-refractivity contribution in [2.24, 2.45) is 0 Å². The average Bonchev–Trinajstić information content (AvgIpc) is 3.02. The van der Waals surface area contributed by atoms with Gasteiger partial charge in [0.25, 0.3) is 0 Å². The van der Waals surface area contributed by atoms with Crippen LogP contribution in [0, 0.1) is 0 Å². The molecule has 0 radical (unpaired) electrons. The molecule has 2 saturated heterocycles. The Morgan fingerprint density at radius 1 is 1.19 bits per heavy atom. The number of amides is 2. The van der Waals surface area contributed by atoms with Crippen molar-refractivity contribution in [2.75, 3.05) is 37.0 Å². The van der Waals surface area contributed by atoms with Crippen molar-refractivity contribution < 1.29 is 21.6 Å². The number of benzene rings is 1. The second-order valence-corrected chi connectivity index (χ2v) is 11.2. The fourth-order valence-electron chi connectivity index (χ4n) is 3.49. The van der Waals surface area contributed by atoms with Crippen LogP contribution in [-0.2, 0) is 19.9 Å². The Balaban J connectivity index is 1.79. The summed E-state index contributed by atoms with van der Waals surface area (Å²) in [5, 5.41) is 2.65. The van der Waals surface area contributed by atoms with Crippen LogP contribution in [0.15, 0.2) is 29.2 Å². The number of nitrogens with zero attached hydrogens (tertiary/aromatic N) is 2. The molecule has 2 aliphatic heterocycles. The average molecular weight is 416 g/mol. The molecule has 10 heteroatoms. The van der Waals surface area contributed by atoms with Gasteiger partial charge >= 0.3 is 6.03 Å². The van der Waals surface area contributed by atoms with Gasteiger partial charge in [0, 0.05) is 26.2 Å². The zero-order chi connectivity index (χ0) is 19.7. The molecule has 1 N–H and O–H groups in total. The van der Waals surface area contributed by atoms with E-state index in [1.807, 2.05) is 0 Å². The van der Waals surface area contributed by atoms with E-state index in [9.17, 15) is 21.6 Å². The summed E-state index contributed by atoms with van der Waals surface area (Å²) in [6.45, 7) is 0.953. The number of hydrogen-bond donors (Lipinski definition) is 1. The second-order valence-electron chi connectivity index (χ2n) is 7.06. The number of anilines is 1. The van der Waals surface area contributed by atoms with Gasteiger partial charge < -0.3 is 10.2 Å². The highest BCUT2D eigenvalue weighted by Gasteiger charge is 2.34. The minimum Gasteiger partial charge on any atom is -0.324 e. The van der Waals surface area contributed by atoms with E-state index in [0.717, 1.165) is 19.3 Å². The maximum Gasteiger partial charge on any atom is 0.321 e. The molecule has 1 aromatic carbocycles. The van der Waals surface area contributed by atoms with E-state index in [1.54, 1.807) is 18.2 Å². The topological polar surface area (TPSA) is 104 Å². The quantitative estimate of drug-likeness (QED) is 0.803. The molecule has 150 valence electrons. The molecule has 0 spiro atoms. The monoisotopic (exact) mass is 415 g/mol. The van der Waals surface area contributed by atoms with Gasteiger partial charge in [-0.3, -0.25) is 0 Å². The Hall–Kier alpha value is -1.65. The van der Waals surface area contributed by atoms with Crippen molar-refractivity contribution in [3.8, 4) is 0 Å². The normalized spacial score (nSPS) is 23.1. The van der Waals surface area contributed by atoms with Crippen LogP contribution >= 0.6 is 0 Å². The van der Waals surface area contributed by atoms with Crippen molar-refractivity contribution in [1.29, 1.82) is 0 Å². The van der Waals surface area contributed by atoms with Crippen LogP contribution in [0.1, 0.15) is 25.7 Å². The highest BCUT2D eigenvalue weighted by Crippen LogP contribution is 2.27. The van der Waals surface area contributed by atoms with E-state index >= 15 is 0 Å². The minimum absolute atomic E-state index is 0.0627. The van der Waals surface area contributed by atoms with E-state index in [-0.39, 0.29) is 22.1 Å². The maximum atomic E-state index is 13.0. The lowest BCUT2D eigenvalue weighted by atomic mass is 10.2. The Morgan fingerprint density at radius 3 is 2.48 bits per heavy atom. The Kier molecular flexibility index (Phi) is 5.78. The molecule has 2 amide bonds. The summed E-state index contributed by atoms with van der Waals surface area (Å²) in [5.41, 5.74) is 0.209. The van der Waals surface area contributed by atoms with E-state index in [1.165, 1.54) is 22.3 Å². The highest BCUT2D eigenvalue weighted by atomic mass is 32.2.